The van der Waals surface area contributed by atoms with Crippen LogP contribution in [-0.4, -0.2) is 18.1 Å². The summed E-state index contributed by atoms with van der Waals surface area (Å²) < 4.78 is 5.72. The molecule has 4 nitrogen and oxygen atoms in total. The summed E-state index contributed by atoms with van der Waals surface area (Å²) in [5, 5.41) is 12.7. The molecule has 2 rings (SSSR count). The Bertz CT molecular complexity index is 658. The van der Waals surface area contributed by atoms with Crippen LogP contribution in [0.25, 0.3) is 6.08 Å². The number of rotatable bonds is 6. The molecule has 0 heterocycles. The SMILES string of the molecule is CC[C@@H](C)Oc1ccc(/C=C(/C#N)C(=O)NC2CCCC2)cc1Cl. The third-order valence-electron chi connectivity index (χ3n) is 4.23. The van der Waals surface area contributed by atoms with E-state index < -0.39 is 0 Å². The fourth-order valence-electron chi connectivity index (χ4n) is 2.65. The zero-order valence-corrected chi connectivity index (χ0v) is 14.9. The number of nitriles is 1. The Morgan fingerprint density at radius 2 is 2.21 bits per heavy atom. The summed E-state index contributed by atoms with van der Waals surface area (Å²) in [5.74, 6) is 0.289. The number of halogens is 1. The van der Waals surface area contributed by atoms with Gasteiger partial charge in [-0.25, -0.2) is 0 Å². The highest BCUT2D eigenvalue weighted by atomic mass is 35.5. The van der Waals surface area contributed by atoms with Crippen molar-refractivity contribution in [1.29, 1.82) is 5.26 Å². The van der Waals surface area contributed by atoms with Crippen molar-refractivity contribution in [2.24, 2.45) is 0 Å². The summed E-state index contributed by atoms with van der Waals surface area (Å²) >= 11 is 6.24. The lowest BCUT2D eigenvalue weighted by Gasteiger charge is -2.14. The van der Waals surface area contributed by atoms with Crippen LogP contribution in [0.15, 0.2) is 23.8 Å². The zero-order valence-electron chi connectivity index (χ0n) is 14.1. The van der Waals surface area contributed by atoms with Gasteiger partial charge in [-0.3, -0.25) is 4.79 Å². The van der Waals surface area contributed by atoms with Crippen molar-refractivity contribution < 1.29 is 9.53 Å². The maximum Gasteiger partial charge on any atom is 0.262 e. The van der Waals surface area contributed by atoms with E-state index in [9.17, 15) is 10.1 Å². The Labute approximate surface area is 148 Å². The average molecular weight is 347 g/mol. The van der Waals surface area contributed by atoms with E-state index in [2.05, 4.69) is 5.32 Å². The summed E-state index contributed by atoms with van der Waals surface area (Å²) in [6.45, 7) is 4.02. The average Bonchev–Trinajstić information content (AvgIpc) is 3.07. The van der Waals surface area contributed by atoms with Crippen molar-refractivity contribution in [2.75, 3.05) is 0 Å². The Balaban J connectivity index is 2.11. The molecule has 0 unspecified atom stereocenters. The van der Waals surface area contributed by atoms with Crippen molar-refractivity contribution in [1.82, 2.24) is 5.32 Å². The molecule has 1 aliphatic carbocycles. The van der Waals surface area contributed by atoms with Gasteiger partial charge in [0.05, 0.1) is 11.1 Å². The molecular weight excluding hydrogens is 324 g/mol. The molecule has 5 heteroatoms. The second-order valence-electron chi connectivity index (χ2n) is 6.15. The van der Waals surface area contributed by atoms with E-state index >= 15 is 0 Å². The quantitative estimate of drug-likeness (QED) is 0.610. The van der Waals surface area contributed by atoms with Crippen LogP contribution in [0.5, 0.6) is 5.75 Å². The Morgan fingerprint density at radius 1 is 1.50 bits per heavy atom. The van der Waals surface area contributed by atoms with Gasteiger partial charge in [0.25, 0.3) is 5.91 Å². The fraction of sp³-hybridized carbons (Fsp3) is 0.474. The van der Waals surface area contributed by atoms with Crippen LogP contribution in [0.1, 0.15) is 51.5 Å². The molecule has 0 aromatic heterocycles. The topological polar surface area (TPSA) is 62.1 Å². The number of hydrogen-bond acceptors (Lipinski definition) is 3. The first-order valence-corrected chi connectivity index (χ1v) is 8.80. The molecular formula is C19H23ClN2O2. The Kier molecular flexibility index (Phi) is 6.69. The van der Waals surface area contributed by atoms with Gasteiger partial charge in [0.1, 0.15) is 17.4 Å². The van der Waals surface area contributed by atoms with E-state index in [-0.39, 0.29) is 23.6 Å². The minimum absolute atomic E-state index is 0.0794. The molecule has 1 aliphatic rings. The number of ether oxygens (including phenoxy) is 1. The number of nitrogens with one attached hydrogen (secondary N) is 1. The van der Waals surface area contributed by atoms with Crippen molar-refractivity contribution in [3.63, 3.8) is 0 Å². The highest BCUT2D eigenvalue weighted by Gasteiger charge is 2.19. The second kappa shape index (κ2) is 8.75. The van der Waals surface area contributed by atoms with E-state index in [1.807, 2.05) is 19.9 Å². The molecule has 1 fully saturated rings. The van der Waals surface area contributed by atoms with E-state index in [0.717, 1.165) is 32.1 Å². The second-order valence-corrected chi connectivity index (χ2v) is 6.56. The smallest absolute Gasteiger partial charge is 0.262 e. The molecule has 1 aromatic rings. The molecule has 24 heavy (non-hydrogen) atoms. The monoisotopic (exact) mass is 346 g/mol. The van der Waals surface area contributed by atoms with Crippen molar-refractivity contribution in [3.8, 4) is 11.8 Å². The van der Waals surface area contributed by atoms with E-state index in [4.69, 9.17) is 16.3 Å². The lowest BCUT2D eigenvalue weighted by molar-refractivity contribution is -0.117. The van der Waals surface area contributed by atoms with Gasteiger partial charge < -0.3 is 10.1 Å². The summed E-state index contributed by atoms with van der Waals surface area (Å²) in [4.78, 5) is 12.2. The molecule has 0 bridgehead atoms. The van der Waals surface area contributed by atoms with Gasteiger partial charge in [-0.05, 0) is 50.0 Å². The van der Waals surface area contributed by atoms with E-state index in [1.165, 1.54) is 0 Å². The number of benzene rings is 1. The first kappa shape index (κ1) is 18.4. The first-order chi connectivity index (χ1) is 11.5. The van der Waals surface area contributed by atoms with Crippen LogP contribution in [0, 0.1) is 11.3 Å². The maximum atomic E-state index is 12.2. The largest absolute Gasteiger partial charge is 0.489 e. The molecule has 0 radical (unpaired) electrons. The van der Waals surface area contributed by atoms with Crippen LogP contribution in [-0.2, 0) is 4.79 Å². The highest BCUT2D eigenvalue weighted by molar-refractivity contribution is 6.32. The van der Waals surface area contributed by atoms with Crippen LogP contribution >= 0.6 is 11.6 Å². The fourth-order valence-corrected chi connectivity index (χ4v) is 2.88. The Hall–Kier alpha value is -1.99. The molecule has 1 N–H and O–H groups in total. The molecule has 0 spiro atoms. The minimum Gasteiger partial charge on any atom is -0.489 e. The number of amides is 1. The van der Waals surface area contributed by atoms with Gasteiger partial charge in [0, 0.05) is 6.04 Å². The molecule has 1 atom stereocenters. The minimum atomic E-state index is -0.319. The number of carbonyl (C=O) groups excluding carboxylic acids is 1. The zero-order chi connectivity index (χ0) is 17.5. The molecule has 1 saturated carbocycles. The normalized spacial score (nSPS) is 16.5. The summed E-state index contributed by atoms with van der Waals surface area (Å²) in [5.41, 5.74) is 0.795. The predicted octanol–water partition coefficient (Wildman–Crippen LogP) is 4.48. The van der Waals surface area contributed by atoms with Crippen molar-refractivity contribution in [3.05, 3.63) is 34.4 Å². The molecule has 0 saturated heterocycles. The lowest BCUT2D eigenvalue weighted by atomic mass is 10.1. The van der Waals surface area contributed by atoms with Crippen LogP contribution in [0.3, 0.4) is 0 Å². The lowest BCUT2D eigenvalue weighted by Crippen LogP contribution is -2.33. The third kappa shape index (κ3) is 5.01. The van der Waals surface area contributed by atoms with Gasteiger partial charge in [-0.1, -0.05) is 37.4 Å². The van der Waals surface area contributed by atoms with Crippen molar-refractivity contribution >= 4 is 23.6 Å². The summed E-state index contributed by atoms with van der Waals surface area (Å²) in [6.07, 6.45) is 6.75. The van der Waals surface area contributed by atoms with Crippen LogP contribution in [0.4, 0.5) is 0 Å². The Morgan fingerprint density at radius 3 is 2.79 bits per heavy atom. The number of hydrogen-bond donors (Lipinski definition) is 1. The van der Waals surface area contributed by atoms with Crippen molar-refractivity contribution in [2.45, 2.75) is 58.1 Å². The van der Waals surface area contributed by atoms with Gasteiger partial charge in [-0.15, -0.1) is 0 Å². The standard InChI is InChI=1S/C19H23ClN2O2/c1-3-13(2)24-18-9-8-14(11-17(18)20)10-15(12-21)19(23)22-16-6-4-5-7-16/h8-11,13,16H,3-7H2,1-2H3,(H,22,23)/b15-10-/t13-/m1/s1. The maximum absolute atomic E-state index is 12.2. The predicted molar refractivity (Wildman–Crippen MR) is 95.8 cm³/mol. The molecule has 1 amide bonds. The van der Waals surface area contributed by atoms with Gasteiger partial charge in [0.2, 0.25) is 0 Å². The van der Waals surface area contributed by atoms with Gasteiger partial charge in [0.15, 0.2) is 0 Å². The third-order valence-corrected chi connectivity index (χ3v) is 4.52. The summed E-state index contributed by atoms with van der Waals surface area (Å²) in [6, 6.07) is 7.43. The molecule has 128 valence electrons. The summed E-state index contributed by atoms with van der Waals surface area (Å²) in [7, 11) is 0. The highest BCUT2D eigenvalue weighted by Crippen LogP contribution is 2.28. The van der Waals surface area contributed by atoms with E-state index in [0.29, 0.717) is 16.3 Å². The van der Waals surface area contributed by atoms with Crippen LogP contribution < -0.4 is 10.1 Å². The number of carbonyl (C=O) groups is 1. The molecule has 0 aliphatic heterocycles. The number of nitrogens with zero attached hydrogens (tertiary/aromatic N) is 1. The van der Waals surface area contributed by atoms with E-state index in [1.54, 1.807) is 24.3 Å². The first-order valence-electron chi connectivity index (χ1n) is 8.42. The van der Waals surface area contributed by atoms with Gasteiger partial charge >= 0.3 is 0 Å². The van der Waals surface area contributed by atoms with Gasteiger partial charge in [-0.2, -0.15) is 5.26 Å². The van der Waals surface area contributed by atoms with Crippen LogP contribution in [0.2, 0.25) is 5.02 Å². The molecule has 1 aromatic carbocycles.